The van der Waals surface area contributed by atoms with Crippen LogP contribution >= 0.6 is 15.9 Å². The highest BCUT2D eigenvalue weighted by atomic mass is 79.9. The largest absolute Gasteiger partial charge is 0.389 e. The molecule has 22 heavy (non-hydrogen) atoms. The molecule has 4 rings (SSSR count). The van der Waals surface area contributed by atoms with Crippen LogP contribution in [0.3, 0.4) is 0 Å². The van der Waals surface area contributed by atoms with Crippen molar-refractivity contribution in [2.75, 3.05) is 11.9 Å². The van der Waals surface area contributed by atoms with Gasteiger partial charge in [-0.05, 0) is 35.8 Å². The summed E-state index contributed by atoms with van der Waals surface area (Å²) < 4.78 is 1.01. The molecule has 0 aliphatic carbocycles. The van der Waals surface area contributed by atoms with Crippen LogP contribution in [0, 0.1) is 0 Å². The lowest BCUT2D eigenvalue weighted by Gasteiger charge is -2.15. The summed E-state index contributed by atoms with van der Waals surface area (Å²) in [5.74, 6) is -0.0641. The van der Waals surface area contributed by atoms with Crippen LogP contribution in [-0.2, 0) is 4.79 Å². The van der Waals surface area contributed by atoms with Gasteiger partial charge < -0.3 is 16.4 Å². The molecular weight excluding hydrogens is 346 g/mol. The monoisotopic (exact) mass is 359 g/mol. The number of nitrogens with zero attached hydrogens (tertiary/aromatic N) is 1. The van der Waals surface area contributed by atoms with Gasteiger partial charge in [0.1, 0.15) is 5.70 Å². The van der Waals surface area contributed by atoms with E-state index in [0.717, 1.165) is 40.0 Å². The van der Waals surface area contributed by atoms with Gasteiger partial charge in [-0.1, -0.05) is 15.9 Å². The second-order valence-corrected chi connectivity index (χ2v) is 6.33. The number of aliphatic imine (C=N–C) groups is 1. The fourth-order valence-electron chi connectivity index (χ4n) is 3.16. The summed E-state index contributed by atoms with van der Waals surface area (Å²) in [5, 5.41) is 9.24. The van der Waals surface area contributed by atoms with Crippen molar-refractivity contribution in [2.45, 2.75) is 12.3 Å². The van der Waals surface area contributed by atoms with Crippen LogP contribution in [0.5, 0.6) is 0 Å². The van der Waals surface area contributed by atoms with Gasteiger partial charge in [0.2, 0.25) is 5.96 Å². The number of amides is 1. The van der Waals surface area contributed by atoms with Crippen LogP contribution in [0.1, 0.15) is 17.9 Å². The van der Waals surface area contributed by atoms with Crippen molar-refractivity contribution < 1.29 is 4.79 Å². The van der Waals surface area contributed by atoms with Crippen molar-refractivity contribution in [3.63, 3.8) is 0 Å². The molecule has 3 aliphatic rings. The van der Waals surface area contributed by atoms with E-state index >= 15 is 0 Å². The van der Waals surface area contributed by atoms with Crippen LogP contribution in [0.4, 0.5) is 5.69 Å². The Balaban J connectivity index is 1.92. The molecule has 0 bridgehead atoms. The van der Waals surface area contributed by atoms with Gasteiger partial charge in [-0.3, -0.25) is 10.1 Å². The zero-order valence-electron chi connectivity index (χ0n) is 11.6. The lowest BCUT2D eigenvalue weighted by molar-refractivity contribution is -0.115. The average Bonchev–Trinajstić information content (AvgIpc) is 2.91. The van der Waals surface area contributed by atoms with Crippen LogP contribution in [0.2, 0.25) is 0 Å². The van der Waals surface area contributed by atoms with Crippen LogP contribution < -0.4 is 21.7 Å². The number of carbonyl (C=O) groups is 1. The molecule has 1 aromatic rings. The number of allylic oxidation sites excluding steroid dienone is 1. The third-order valence-electron chi connectivity index (χ3n) is 4.05. The highest BCUT2D eigenvalue weighted by Crippen LogP contribution is 2.46. The van der Waals surface area contributed by atoms with E-state index in [1.54, 1.807) is 0 Å². The van der Waals surface area contributed by atoms with Crippen molar-refractivity contribution in [2.24, 2.45) is 10.7 Å². The number of carbonyl (C=O) groups excluding carboxylic acids is 1. The number of rotatable bonds is 0. The summed E-state index contributed by atoms with van der Waals surface area (Å²) in [4.78, 5) is 16.3. The van der Waals surface area contributed by atoms with E-state index in [1.807, 2.05) is 18.3 Å². The number of anilines is 1. The zero-order valence-corrected chi connectivity index (χ0v) is 13.2. The predicted molar refractivity (Wildman–Crippen MR) is 88.0 cm³/mol. The Kier molecular flexibility index (Phi) is 2.97. The number of halogens is 1. The predicted octanol–water partition coefficient (Wildman–Crippen LogP) is 1.49. The molecule has 0 fully saturated rings. The Morgan fingerprint density at radius 3 is 2.95 bits per heavy atom. The smallest absolute Gasteiger partial charge is 0.276 e. The van der Waals surface area contributed by atoms with Gasteiger partial charge in [-0.25, -0.2) is 4.99 Å². The van der Waals surface area contributed by atoms with Crippen molar-refractivity contribution in [1.29, 1.82) is 0 Å². The minimum atomic E-state index is -0.225. The fraction of sp³-hybridized carbons (Fsp3) is 0.200. The maximum atomic E-state index is 12.1. The summed E-state index contributed by atoms with van der Waals surface area (Å²) >= 11 is 3.52. The van der Waals surface area contributed by atoms with E-state index in [2.05, 4.69) is 42.9 Å². The lowest BCUT2D eigenvalue weighted by atomic mass is 9.88. The number of nitrogens with one attached hydrogen (secondary N) is 3. The van der Waals surface area contributed by atoms with Gasteiger partial charge in [0.05, 0.1) is 5.92 Å². The highest BCUT2D eigenvalue weighted by molar-refractivity contribution is 9.10. The fourth-order valence-corrected chi connectivity index (χ4v) is 3.54. The molecule has 0 aromatic heterocycles. The average molecular weight is 360 g/mol. The molecule has 112 valence electrons. The molecule has 3 aliphatic heterocycles. The van der Waals surface area contributed by atoms with Gasteiger partial charge in [-0.2, -0.15) is 0 Å². The maximum Gasteiger partial charge on any atom is 0.276 e. The van der Waals surface area contributed by atoms with Crippen molar-refractivity contribution in [3.05, 3.63) is 51.4 Å². The molecule has 1 atom stereocenters. The standard InChI is InChI=1S/C15H14BrN5O/c16-7-1-2-10-9(5-7)12-8(3-4-18-6-11(12)19-10)13-14(22)21-15(17)20-13/h1-2,5-6,12,18-19H,3-4H2,(H3,17,20,21,22). The Morgan fingerprint density at radius 1 is 1.32 bits per heavy atom. The molecule has 0 saturated carbocycles. The summed E-state index contributed by atoms with van der Waals surface area (Å²) in [6.45, 7) is 0.757. The van der Waals surface area contributed by atoms with Crippen LogP contribution in [0.15, 0.2) is 50.8 Å². The Labute approximate surface area is 135 Å². The lowest BCUT2D eigenvalue weighted by Crippen LogP contribution is -2.30. The van der Waals surface area contributed by atoms with Gasteiger partial charge >= 0.3 is 0 Å². The van der Waals surface area contributed by atoms with E-state index < -0.39 is 0 Å². The minimum Gasteiger partial charge on any atom is -0.389 e. The molecule has 0 spiro atoms. The highest BCUT2D eigenvalue weighted by Gasteiger charge is 2.35. The maximum absolute atomic E-state index is 12.1. The number of fused-ring (bicyclic) bond motifs is 3. The van der Waals surface area contributed by atoms with E-state index in [9.17, 15) is 4.79 Å². The zero-order chi connectivity index (χ0) is 15.3. The van der Waals surface area contributed by atoms with Gasteiger partial charge in [0.15, 0.2) is 0 Å². The van der Waals surface area contributed by atoms with Crippen molar-refractivity contribution >= 4 is 33.5 Å². The first-order valence-electron chi connectivity index (χ1n) is 7.02. The molecule has 6 nitrogen and oxygen atoms in total. The third kappa shape index (κ3) is 2.00. The summed E-state index contributed by atoms with van der Waals surface area (Å²) in [6.07, 6.45) is 2.71. The minimum absolute atomic E-state index is 0.00194. The topological polar surface area (TPSA) is 91.5 Å². The van der Waals surface area contributed by atoms with Gasteiger partial charge in [-0.15, -0.1) is 0 Å². The van der Waals surface area contributed by atoms with Gasteiger partial charge in [0, 0.05) is 28.6 Å². The number of hydrogen-bond acceptors (Lipinski definition) is 5. The Hall–Kier alpha value is -2.28. The SMILES string of the molecule is NC1=NC(=C2CCNC=C3Nc4ccc(Br)cc4C32)C(=O)N1. The molecule has 7 heteroatoms. The molecule has 1 aromatic carbocycles. The van der Waals surface area contributed by atoms with E-state index in [4.69, 9.17) is 5.73 Å². The van der Waals surface area contributed by atoms with E-state index in [0.29, 0.717) is 5.70 Å². The molecule has 1 amide bonds. The quantitative estimate of drug-likeness (QED) is 0.528. The first-order valence-corrected chi connectivity index (χ1v) is 7.81. The second-order valence-electron chi connectivity index (χ2n) is 5.42. The molecular formula is C15H14BrN5O. The number of benzene rings is 1. The number of nitrogens with two attached hydrogens (primary N) is 1. The van der Waals surface area contributed by atoms with Crippen molar-refractivity contribution in [3.8, 4) is 0 Å². The Morgan fingerprint density at radius 2 is 2.18 bits per heavy atom. The summed E-state index contributed by atoms with van der Waals surface area (Å²) in [5.41, 5.74) is 10.3. The normalized spacial score (nSPS) is 26.0. The molecule has 0 saturated heterocycles. The van der Waals surface area contributed by atoms with E-state index in [-0.39, 0.29) is 17.8 Å². The third-order valence-corrected chi connectivity index (χ3v) is 4.55. The molecule has 0 radical (unpaired) electrons. The summed E-state index contributed by atoms with van der Waals surface area (Å²) in [6, 6.07) is 6.11. The van der Waals surface area contributed by atoms with Crippen LogP contribution in [0.25, 0.3) is 0 Å². The van der Waals surface area contributed by atoms with E-state index in [1.165, 1.54) is 0 Å². The molecule has 5 N–H and O–H groups in total. The first kappa shape index (κ1) is 13.4. The second kappa shape index (κ2) is 4.88. The molecule has 1 unspecified atom stereocenters. The molecule has 3 heterocycles. The number of guanidine groups is 1. The number of hydrogen-bond donors (Lipinski definition) is 4. The first-order chi connectivity index (χ1) is 10.6. The van der Waals surface area contributed by atoms with Crippen LogP contribution in [-0.4, -0.2) is 18.4 Å². The summed E-state index contributed by atoms with van der Waals surface area (Å²) in [7, 11) is 0. The Bertz CT molecular complexity index is 780. The van der Waals surface area contributed by atoms with Gasteiger partial charge in [0.25, 0.3) is 5.91 Å². The van der Waals surface area contributed by atoms with Crippen molar-refractivity contribution in [1.82, 2.24) is 10.6 Å².